The van der Waals surface area contributed by atoms with Crippen LogP contribution in [0.4, 0.5) is 5.69 Å². The van der Waals surface area contributed by atoms with Crippen LogP contribution in [0, 0.1) is 0 Å². The molecule has 9 heteroatoms. The smallest absolute Gasteiger partial charge is 0.273 e. The van der Waals surface area contributed by atoms with Crippen LogP contribution in [0.3, 0.4) is 0 Å². The number of likely N-dealkylation sites (tertiary alicyclic amines) is 1. The number of nitrogens with one attached hydrogen (secondary N) is 1. The van der Waals surface area contributed by atoms with Crippen LogP contribution in [-0.4, -0.2) is 69.6 Å². The van der Waals surface area contributed by atoms with Crippen molar-refractivity contribution in [1.82, 2.24) is 19.4 Å². The summed E-state index contributed by atoms with van der Waals surface area (Å²) in [6.45, 7) is 8.02. The summed E-state index contributed by atoms with van der Waals surface area (Å²) in [5, 5.41) is 3.30. The van der Waals surface area contributed by atoms with Gasteiger partial charge in [-0.05, 0) is 26.0 Å². The first-order valence-corrected chi connectivity index (χ1v) is 11.2. The van der Waals surface area contributed by atoms with Crippen LogP contribution in [0.2, 0.25) is 5.02 Å². The van der Waals surface area contributed by atoms with E-state index in [9.17, 15) is 9.59 Å². The standard InChI is InChI=1S/C23H28ClN5O3/c1-16(2)32-17-13-27(14-17)9-5-8-22(30)28-10-11-29-20(12-25-21(29)15-28)23(31)26-19-7-4-3-6-18(19)24/h3-8,12,16-17H,9-11,13-15H2,1-2H3,(H,26,31)/b8-5+. The number of hydrogen-bond donors (Lipinski definition) is 1. The molecule has 170 valence electrons. The molecule has 1 aromatic heterocycles. The third-order valence-corrected chi connectivity index (χ3v) is 5.87. The number of para-hydroxylation sites is 1. The molecule has 0 spiro atoms. The van der Waals surface area contributed by atoms with Crippen molar-refractivity contribution in [2.75, 3.05) is 31.5 Å². The molecule has 32 heavy (non-hydrogen) atoms. The first-order chi connectivity index (χ1) is 15.4. The van der Waals surface area contributed by atoms with E-state index in [1.54, 1.807) is 35.4 Å². The highest BCUT2D eigenvalue weighted by Gasteiger charge is 2.27. The first kappa shape index (κ1) is 22.5. The minimum absolute atomic E-state index is 0.0446. The molecule has 2 aliphatic heterocycles. The Balaban J connectivity index is 1.29. The number of amides is 2. The highest BCUT2D eigenvalue weighted by atomic mass is 35.5. The lowest BCUT2D eigenvalue weighted by Gasteiger charge is -2.39. The fraction of sp³-hybridized carbons (Fsp3) is 0.435. The number of hydrogen-bond acceptors (Lipinski definition) is 5. The second-order valence-corrected chi connectivity index (χ2v) is 8.74. The summed E-state index contributed by atoms with van der Waals surface area (Å²) in [5.41, 5.74) is 1.01. The van der Waals surface area contributed by atoms with E-state index in [4.69, 9.17) is 16.3 Å². The molecule has 0 saturated carbocycles. The molecule has 2 aromatic rings. The van der Waals surface area contributed by atoms with Crippen molar-refractivity contribution in [2.45, 2.75) is 39.1 Å². The lowest BCUT2D eigenvalue weighted by molar-refractivity contribution is -0.127. The summed E-state index contributed by atoms with van der Waals surface area (Å²) in [6.07, 6.45) is 5.61. The summed E-state index contributed by atoms with van der Waals surface area (Å²) in [4.78, 5) is 33.6. The molecule has 1 aromatic carbocycles. The molecule has 0 atom stereocenters. The van der Waals surface area contributed by atoms with Gasteiger partial charge in [0.05, 0.1) is 35.7 Å². The average Bonchev–Trinajstić information content (AvgIpc) is 3.16. The minimum Gasteiger partial charge on any atom is -0.373 e. The molecular formula is C23H28ClN5O3. The Bertz CT molecular complexity index is 1010. The fourth-order valence-corrected chi connectivity index (χ4v) is 4.11. The average molecular weight is 458 g/mol. The highest BCUT2D eigenvalue weighted by Crippen LogP contribution is 2.22. The van der Waals surface area contributed by atoms with Gasteiger partial charge in [-0.25, -0.2) is 4.98 Å². The molecule has 1 saturated heterocycles. The Labute approximate surface area is 192 Å². The Kier molecular flexibility index (Phi) is 6.93. The predicted molar refractivity (Wildman–Crippen MR) is 123 cm³/mol. The van der Waals surface area contributed by atoms with E-state index < -0.39 is 0 Å². The van der Waals surface area contributed by atoms with Crippen LogP contribution < -0.4 is 5.32 Å². The topological polar surface area (TPSA) is 79.7 Å². The third kappa shape index (κ3) is 5.20. The molecule has 3 heterocycles. The Morgan fingerprint density at radius 3 is 2.81 bits per heavy atom. The van der Waals surface area contributed by atoms with E-state index in [-0.39, 0.29) is 17.9 Å². The number of ether oxygens (including phenoxy) is 1. The second-order valence-electron chi connectivity index (χ2n) is 8.33. The fourth-order valence-electron chi connectivity index (χ4n) is 3.93. The number of aromatic nitrogens is 2. The molecule has 1 fully saturated rings. The number of fused-ring (bicyclic) bond motifs is 1. The molecule has 8 nitrogen and oxygen atoms in total. The SMILES string of the molecule is CC(C)OC1CN(C/C=C/C(=O)N2CCn3c(C(=O)Nc4ccccc4Cl)cnc3C2)C1. The molecule has 0 unspecified atom stereocenters. The van der Waals surface area contributed by atoms with Crippen molar-refractivity contribution in [3.8, 4) is 0 Å². The highest BCUT2D eigenvalue weighted by molar-refractivity contribution is 6.33. The Morgan fingerprint density at radius 1 is 1.28 bits per heavy atom. The Morgan fingerprint density at radius 2 is 2.06 bits per heavy atom. The van der Waals surface area contributed by atoms with Gasteiger partial charge in [-0.3, -0.25) is 14.5 Å². The largest absolute Gasteiger partial charge is 0.373 e. The quantitative estimate of drug-likeness (QED) is 0.647. The van der Waals surface area contributed by atoms with Crippen LogP contribution in [0.1, 0.15) is 30.2 Å². The molecule has 0 bridgehead atoms. The van der Waals surface area contributed by atoms with E-state index in [1.165, 1.54) is 0 Å². The number of carbonyl (C=O) groups is 2. The van der Waals surface area contributed by atoms with Crippen LogP contribution in [-0.2, 0) is 22.6 Å². The summed E-state index contributed by atoms with van der Waals surface area (Å²) >= 11 is 6.13. The van der Waals surface area contributed by atoms with Gasteiger partial charge in [0.1, 0.15) is 11.5 Å². The van der Waals surface area contributed by atoms with E-state index in [0.717, 1.165) is 19.6 Å². The summed E-state index contributed by atoms with van der Waals surface area (Å²) in [5.74, 6) is 0.376. The predicted octanol–water partition coefficient (Wildman–Crippen LogP) is 2.80. The van der Waals surface area contributed by atoms with E-state index in [0.29, 0.717) is 48.0 Å². The van der Waals surface area contributed by atoms with Gasteiger partial charge in [-0.2, -0.15) is 0 Å². The normalized spacial score (nSPS) is 16.9. The zero-order valence-electron chi connectivity index (χ0n) is 18.3. The molecule has 4 rings (SSSR count). The van der Waals surface area contributed by atoms with Crippen LogP contribution in [0.5, 0.6) is 0 Å². The molecular weight excluding hydrogens is 430 g/mol. The van der Waals surface area contributed by atoms with Crippen molar-refractivity contribution >= 4 is 29.1 Å². The van der Waals surface area contributed by atoms with Crippen LogP contribution in [0.15, 0.2) is 42.6 Å². The van der Waals surface area contributed by atoms with Crippen LogP contribution >= 0.6 is 11.6 Å². The van der Waals surface area contributed by atoms with Crippen molar-refractivity contribution < 1.29 is 14.3 Å². The van der Waals surface area contributed by atoms with Gasteiger partial charge < -0.3 is 19.5 Å². The molecule has 1 N–H and O–H groups in total. The lowest BCUT2D eigenvalue weighted by Crippen LogP contribution is -2.52. The zero-order chi connectivity index (χ0) is 22.7. The van der Waals surface area contributed by atoms with Crippen LogP contribution in [0.25, 0.3) is 0 Å². The summed E-state index contributed by atoms with van der Waals surface area (Å²) in [7, 11) is 0. The second kappa shape index (κ2) is 9.85. The lowest BCUT2D eigenvalue weighted by atomic mass is 10.1. The van der Waals surface area contributed by atoms with Crippen molar-refractivity contribution in [3.05, 3.63) is 59.2 Å². The zero-order valence-corrected chi connectivity index (χ0v) is 19.1. The van der Waals surface area contributed by atoms with Gasteiger partial charge in [0.2, 0.25) is 5.91 Å². The summed E-state index contributed by atoms with van der Waals surface area (Å²) < 4.78 is 7.60. The van der Waals surface area contributed by atoms with E-state index in [2.05, 4.69) is 15.2 Å². The van der Waals surface area contributed by atoms with Crippen molar-refractivity contribution in [2.24, 2.45) is 0 Å². The number of carbonyl (C=O) groups excluding carboxylic acids is 2. The van der Waals surface area contributed by atoms with Gasteiger partial charge in [-0.15, -0.1) is 0 Å². The molecule has 2 aliphatic rings. The Hall–Kier alpha value is -2.68. The molecule has 0 radical (unpaired) electrons. The van der Waals surface area contributed by atoms with Gasteiger partial charge in [-0.1, -0.05) is 29.8 Å². The maximum absolute atomic E-state index is 12.7. The van der Waals surface area contributed by atoms with Gasteiger partial charge >= 0.3 is 0 Å². The number of nitrogens with zero attached hydrogens (tertiary/aromatic N) is 4. The number of rotatable bonds is 7. The number of anilines is 1. The number of halogens is 1. The maximum Gasteiger partial charge on any atom is 0.273 e. The van der Waals surface area contributed by atoms with E-state index in [1.807, 2.05) is 30.6 Å². The molecule has 2 amide bonds. The maximum atomic E-state index is 12.7. The van der Waals surface area contributed by atoms with Gasteiger partial charge in [0.15, 0.2) is 0 Å². The van der Waals surface area contributed by atoms with Gasteiger partial charge in [0, 0.05) is 38.8 Å². The van der Waals surface area contributed by atoms with E-state index >= 15 is 0 Å². The monoisotopic (exact) mass is 457 g/mol. The van der Waals surface area contributed by atoms with Crippen molar-refractivity contribution in [1.29, 1.82) is 0 Å². The van der Waals surface area contributed by atoms with Gasteiger partial charge in [0.25, 0.3) is 5.91 Å². The number of benzene rings is 1. The first-order valence-electron chi connectivity index (χ1n) is 10.8. The third-order valence-electron chi connectivity index (χ3n) is 5.54. The van der Waals surface area contributed by atoms with Crippen molar-refractivity contribution in [3.63, 3.8) is 0 Å². The number of imidazole rings is 1. The summed E-state index contributed by atoms with van der Waals surface area (Å²) in [6, 6.07) is 7.09. The molecule has 0 aliphatic carbocycles. The minimum atomic E-state index is -0.272.